The molecule has 1 unspecified atom stereocenters. The molecule has 4 aliphatic rings. The van der Waals surface area contributed by atoms with Crippen molar-refractivity contribution in [2.75, 3.05) is 58.3 Å². The van der Waals surface area contributed by atoms with Crippen LogP contribution in [0.5, 0.6) is 0 Å². The van der Waals surface area contributed by atoms with E-state index < -0.39 is 11.0 Å². The van der Waals surface area contributed by atoms with Crippen LogP contribution in [0.1, 0.15) is 40.7 Å². The highest BCUT2D eigenvalue weighted by atomic mass is 16.6. The standard InChI is InChI=1S/C27H31N5O4/c1-29(2)25(35)31-15-13-30(14-16-31)22-8-7-19(17-28-22)26(9-10-26)24(34)32-12-11-27(18-32)21-6-4-3-5-20(21)23(33)36-27/h3-8,17H,9-16,18H2,1-2H3. The van der Waals surface area contributed by atoms with E-state index in [9.17, 15) is 14.4 Å². The molecule has 3 fully saturated rings. The van der Waals surface area contributed by atoms with Crippen LogP contribution in [-0.2, 0) is 20.5 Å². The van der Waals surface area contributed by atoms with Gasteiger partial charge in [-0.05, 0) is 30.5 Å². The summed E-state index contributed by atoms with van der Waals surface area (Å²) in [4.78, 5) is 50.5. The minimum Gasteiger partial charge on any atom is -0.449 e. The number of urea groups is 1. The Morgan fingerprint density at radius 2 is 1.69 bits per heavy atom. The molecule has 3 amide bonds. The molecule has 1 aromatic carbocycles. The van der Waals surface area contributed by atoms with E-state index in [-0.39, 0.29) is 17.9 Å². The quantitative estimate of drug-likeness (QED) is 0.615. The zero-order valence-electron chi connectivity index (χ0n) is 20.8. The smallest absolute Gasteiger partial charge is 0.339 e. The molecule has 0 bridgehead atoms. The average Bonchev–Trinajstić information content (AvgIpc) is 3.54. The average molecular weight is 490 g/mol. The lowest BCUT2D eigenvalue weighted by Crippen LogP contribution is -2.51. The molecule has 1 saturated carbocycles. The number of hydrogen-bond acceptors (Lipinski definition) is 6. The van der Waals surface area contributed by atoms with Crippen LogP contribution in [-0.4, -0.2) is 91.0 Å². The SMILES string of the molecule is CN(C)C(=O)N1CCN(c2ccc(C3(C(=O)N4CCC5(C4)OC(=O)c4ccccc45)CC3)cn2)CC1. The second kappa shape index (κ2) is 8.21. The van der Waals surface area contributed by atoms with Crippen LogP contribution in [0.15, 0.2) is 42.6 Å². The van der Waals surface area contributed by atoms with Crippen molar-refractivity contribution >= 4 is 23.7 Å². The van der Waals surface area contributed by atoms with E-state index >= 15 is 0 Å². The number of carbonyl (C=O) groups is 3. The van der Waals surface area contributed by atoms with Gasteiger partial charge in [-0.2, -0.15) is 0 Å². The van der Waals surface area contributed by atoms with Crippen LogP contribution in [0.2, 0.25) is 0 Å². The highest BCUT2D eigenvalue weighted by Crippen LogP contribution is 2.52. The Labute approximate surface area is 210 Å². The van der Waals surface area contributed by atoms with Crippen LogP contribution < -0.4 is 4.90 Å². The molecule has 2 saturated heterocycles. The number of anilines is 1. The van der Waals surface area contributed by atoms with Gasteiger partial charge >= 0.3 is 12.0 Å². The van der Waals surface area contributed by atoms with Gasteiger partial charge in [-0.15, -0.1) is 0 Å². The number of rotatable bonds is 3. The topological polar surface area (TPSA) is 86.3 Å². The van der Waals surface area contributed by atoms with Crippen molar-refractivity contribution in [3.8, 4) is 0 Å². The van der Waals surface area contributed by atoms with Gasteiger partial charge in [0.15, 0.2) is 5.60 Å². The monoisotopic (exact) mass is 489 g/mol. The Morgan fingerprint density at radius 1 is 0.944 bits per heavy atom. The molecule has 1 atom stereocenters. The largest absolute Gasteiger partial charge is 0.449 e. The number of likely N-dealkylation sites (tertiary alicyclic amines) is 1. The van der Waals surface area contributed by atoms with E-state index in [0.717, 1.165) is 42.9 Å². The summed E-state index contributed by atoms with van der Waals surface area (Å²) in [7, 11) is 3.54. The molecule has 3 aliphatic heterocycles. The van der Waals surface area contributed by atoms with Gasteiger partial charge in [0.1, 0.15) is 5.82 Å². The molecule has 36 heavy (non-hydrogen) atoms. The number of aromatic nitrogens is 1. The van der Waals surface area contributed by atoms with Crippen LogP contribution in [0.4, 0.5) is 10.6 Å². The van der Waals surface area contributed by atoms with Crippen LogP contribution in [0.3, 0.4) is 0 Å². The van der Waals surface area contributed by atoms with Crippen molar-refractivity contribution in [2.45, 2.75) is 30.3 Å². The normalized spacial score (nSPS) is 24.1. The summed E-state index contributed by atoms with van der Waals surface area (Å²) in [6, 6.07) is 11.6. The molecule has 1 aliphatic carbocycles. The molecule has 0 radical (unpaired) electrons. The Morgan fingerprint density at radius 3 is 2.36 bits per heavy atom. The van der Waals surface area contributed by atoms with E-state index in [1.54, 1.807) is 25.1 Å². The summed E-state index contributed by atoms with van der Waals surface area (Å²) < 4.78 is 5.84. The third-order valence-electron chi connectivity index (χ3n) is 8.16. The zero-order valence-corrected chi connectivity index (χ0v) is 20.8. The van der Waals surface area contributed by atoms with Crippen molar-refractivity contribution in [1.82, 2.24) is 19.7 Å². The fraction of sp³-hybridized carbons (Fsp3) is 0.481. The summed E-state index contributed by atoms with van der Waals surface area (Å²) in [6.07, 6.45) is 4.07. The number of nitrogens with zero attached hydrogens (tertiary/aromatic N) is 5. The number of hydrogen-bond donors (Lipinski definition) is 0. The van der Waals surface area contributed by atoms with Crippen molar-refractivity contribution in [3.63, 3.8) is 0 Å². The zero-order chi connectivity index (χ0) is 25.1. The van der Waals surface area contributed by atoms with Gasteiger partial charge in [-0.25, -0.2) is 14.6 Å². The molecule has 1 aromatic heterocycles. The highest BCUT2D eigenvalue weighted by molar-refractivity contribution is 5.96. The Balaban J connectivity index is 1.13. The first-order valence-corrected chi connectivity index (χ1v) is 12.6. The van der Waals surface area contributed by atoms with Crippen molar-refractivity contribution in [1.29, 1.82) is 0 Å². The number of pyridine rings is 1. The molecular weight excluding hydrogens is 458 g/mol. The van der Waals surface area contributed by atoms with E-state index in [4.69, 9.17) is 9.72 Å². The number of carbonyl (C=O) groups excluding carboxylic acids is 3. The maximum atomic E-state index is 13.7. The summed E-state index contributed by atoms with van der Waals surface area (Å²) >= 11 is 0. The van der Waals surface area contributed by atoms with Crippen molar-refractivity contribution in [3.05, 3.63) is 59.3 Å². The van der Waals surface area contributed by atoms with Gasteiger partial charge in [0.05, 0.1) is 17.5 Å². The minimum absolute atomic E-state index is 0.0340. The van der Waals surface area contributed by atoms with Crippen LogP contribution >= 0.6 is 0 Å². The number of fused-ring (bicyclic) bond motifs is 2. The lowest BCUT2D eigenvalue weighted by molar-refractivity contribution is -0.134. The number of esters is 1. The first kappa shape index (κ1) is 22.8. The Bertz CT molecular complexity index is 1220. The first-order chi connectivity index (χ1) is 17.3. The third-order valence-corrected chi connectivity index (χ3v) is 8.16. The Kier molecular flexibility index (Phi) is 5.21. The maximum absolute atomic E-state index is 13.7. The molecular formula is C27H31N5O4. The highest BCUT2D eigenvalue weighted by Gasteiger charge is 2.57. The van der Waals surface area contributed by atoms with E-state index in [0.29, 0.717) is 38.2 Å². The lowest BCUT2D eigenvalue weighted by atomic mass is 9.91. The number of benzene rings is 1. The molecule has 9 heteroatoms. The van der Waals surface area contributed by atoms with Crippen LogP contribution in [0.25, 0.3) is 0 Å². The van der Waals surface area contributed by atoms with E-state index in [1.165, 1.54) is 0 Å². The molecule has 2 aromatic rings. The fourth-order valence-electron chi connectivity index (χ4n) is 5.92. The summed E-state index contributed by atoms with van der Waals surface area (Å²) in [5, 5.41) is 0. The van der Waals surface area contributed by atoms with Crippen molar-refractivity contribution in [2.24, 2.45) is 0 Å². The van der Waals surface area contributed by atoms with E-state index in [1.807, 2.05) is 46.3 Å². The molecule has 9 nitrogen and oxygen atoms in total. The van der Waals surface area contributed by atoms with Gasteiger partial charge in [-0.1, -0.05) is 24.3 Å². The second-order valence-corrected chi connectivity index (χ2v) is 10.5. The number of piperazine rings is 1. The molecule has 1 spiro atoms. The Hall–Kier alpha value is -3.62. The molecule has 6 rings (SSSR count). The summed E-state index contributed by atoms with van der Waals surface area (Å²) in [5.41, 5.74) is 1.20. The van der Waals surface area contributed by atoms with Gasteiger partial charge in [0.2, 0.25) is 5.91 Å². The third kappa shape index (κ3) is 3.51. The van der Waals surface area contributed by atoms with Crippen molar-refractivity contribution < 1.29 is 19.1 Å². The van der Waals surface area contributed by atoms with Gasteiger partial charge < -0.3 is 24.3 Å². The molecule has 188 valence electrons. The van der Waals surface area contributed by atoms with Gasteiger partial charge in [0.25, 0.3) is 0 Å². The lowest BCUT2D eigenvalue weighted by Gasteiger charge is -2.36. The second-order valence-electron chi connectivity index (χ2n) is 10.5. The molecule has 4 heterocycles. The van der Waals surface area contributed by atoms with Gasteiger partial charge in [0, 0.05) is 65.0 Å². The number of amides is 3. The predicted molar refractivity (Wildman–Crippen MR) is 133 cm³/mol. The number of ether oxygens (including phenoxy) is 1. The fourth-order valence-corrected chi connectivity index (χ4v) is 5.92. The first-order valence-electron chi connectivity index (χ1n) is 12.6. The van der Waals surface area contributed by atoms with Gasteiger partial charge in [-0.3, -0.25) is 4.79 Å². The maximum Gasteiger partial charge on any atom is 0.339 e. The predicted octanol–water partition coefficient (Wildman–Crippen LogP) is 2.21. The van der Waals surface area contributed by atoms with Crippen LogP contribution in [0, 0.1) is 0 Å². The van der Waals surface area contributed by atoms with E-state index in [2.05, 4.69) is 4.90 Å². The molecule has 0 N–H and O–H groups in total. The minimum atomic E-state index is -0.725. The summed E-state index contributed by atoms with van der Waals surface area (Å²) in [5.74, 6) is 0.673. The summed E-state index contributed by atoms with van der Waals surface area (Å²) in [6.45, 7) is 3.75.